The molecular formula is C13H16Si. The monoisotopic (exact) mass is 200 g/mol. The predicted octanol–water partition coefficient (Wildman–Crippen LogP) is 3.38. The van der Waals surface area contributed by atoms with Gasteiger partial charge in [-0.25, -0.2) is 0 Å². The maximum Gasteiger partial charge on any atom is 0.0727 e. The van der Waals surface area contributed by atoms with Crippen molar-refractivity contribution in [3.63, 3.8) is 0 Å². The van der Waals surface area contributed by atoms with Crippen LogP contribution in [-0.2, 0) is 5.41 Å². The van der Waals surface area contributed by atoms with E-state index in [9.17, 15) is 0 Å². The molecule has 1 aromatic rings. The van der Waals surface area contributed by atoms with E-state index in [1.165, 1.54) is 16.7 Å². The lowest BCUT2D eigenvalue weighted by molar-refractivity contribution is 0.667. The quantitative estimate of drug-likeness (QED) is 0.610. The summed E-state index contributed by atoms with van der Waals surface area (Å²) in [6, 6.07) is 6.64. The normalized spacial score (nSPS) is 17.9. The van der Waals surface area contributed by atoms with Gasteiger partial charge in [0.2, 0.25) is 0 Å². The molecule has 0 nitrogen and oxygen atoms in total. The van der Waals surface area contributed by atoms with Crippen molar-refractivity contribution in [2.24, 2.45) is 0 Å². The molecular weight excluding hydrogens is 184 g/mol. The molecule has 1 aromatic carbocycles. The minimum atomic E-state index is 0.258. The number of allylic oxidation sites excluding steroid dienone is 1. The van der Waals surface area contributed by atoms with Crippen LogP contribution in [0.25, 0.3) is 6.08 Å². The van der Waals surface area contributed by atoms with Gasteiger partial charge < -0.3 is 0 Å². The third-order valence-corrected chi connectivity index (χ3v) is 4.54. The van der Waals surface area contributed by atoms with Gasteiger partial charge in [0.1, 0.15) is 0 Å². The molecule has 0 saturated carbocycles. The first-order valence-electron chi connectivity index (χ1n) is 5.07. The van der Waals surface area contributed by atoms with Crippen molar-refractivity contribution >= 4 is 15.6 Å². The van der Waals surface area contributed by atoms with Gasteiger partial charge >= 0.3 is 0 Å². The van der Waals surface area contributed by atoms with Gasteiger partial charge in [-0.3, -0.25) is 0 Å². The van der Waals surface area contributed by atoms with Gasteiger partial charge in [-0.15, -0.1) is 0 Å². The zero-order chi connectivity index (χ0) is 10.3. The summed E-state index contributed by atoms with van der Waals surface area (Å²) in [5.41, 5.74) is 4.63. The smallest absolute Gasteiger partial charge is 0.0727 e. The molecule has 0 amide bonds. The summed E-state index contributed by atoms with van der Waals surface area (Å²) in [5, 5.41) is 1.59. The van der Waals surface area contributed by atoms with Crippen LogP contribution in [0.2, 0.25) is 6.55 Å². The van der Waals surface area contributed by atoms with Gasteiger partial charge in [0.25, 0.3) is 0 Å². The number of fused-ring (bicyclic) bond motifs is 1. The Labute approximate surface area is 88.9 Å². The molecule has 0 atom stereocenters. The summed E-state index contributed by atoms with van der Waals surface area (Å²) in [5.74, 6) is 0. The Morgan fingerprint density at radius 3 is 2.50 bits per heavy atom. The highest BCUT2D eigenvalue weighted by Gasteiger charge is 2.31. The van der Waals surface area contributed by atoms with Gasteiger partial charge in [0.05, 0.1) is 9.52 Å². The first-order valence-corrected chi connectivity index (χ1v) is 6.57. The highest BCUT2D eigenvalue weighted by Crippen LogP contribution is 2.41. The molecule has 1 aliphatic carbocycles. The van der Waals surface area contributed by atoms with E-state index >= 15 is 0 Å². The van der Waals surface area contributed by atoms with E-state index < -0.39 is 0 Å². The van der Waals surface area contributed by atoms with Crippen molar-refractivity contribution in [1.29, 1.82) is 0 Å². The van der Waals surface area contributed by atoms with E-state index in [0.29, 0.717) is 0 Å². The maximum atomic E-state index is 2.39. The van der Waals surface area contributed by atoms with E-state index in [4.69, 9.17) is 0 Å². The molecule has 2 radical (unpaired) electrons. The molecule has 14 heavy (non-hydrogen) atoms. The van der Waals surface area contributed by atoms with Gasteiger partial charge in [-0.05, 0) is 23.6 Å². The van der Waals surface area contributed by atoms with Crippen LogP contribution in [0.3, 0.4) is 0 Å². The lowest BCUT2D eigenvalue weighted by Crippen LogP contribution is -2.19. The van der Waals surface area contributed by atoms with Crippen LogP contribution in [0.5, 0.6) is 0 Å². The third kappa shape index (κ3) is 1.19. The zero-order valence-corrected chi connectivity index (χ0v) is 10.3. The second-order valence-corrected chi connectivity index (χ2v) is 5.51. The molecule has 0 aliphatic heterocycles. The summed E-state index contributed by atoms with van der Waals surface area (Å²) in [6.07, 6.45) is 2.39. The minimum Gasteiger partial charge on any atom is -0.0752 e. The summed E-state index contributed by atoms with van der Waals surface area (Å²) in [7, 11) is 0.917. The molecule has 0 spiro atoms. The fourth-order valence-electron chi connectivity index (χ4n) is 2.27. The average molecular weight is 200 g/mol. The van der Waals surface area contributed by atoms with Gasteiger partial charge in [-0.1, -0.05) is 49.9 Å². The molecule has 1 aliphatic rings. The van der Waals surface area contributed by atoms with Crippen molar-refractivity contribution in [3.8, 4) is 0 Å². The standard InChI is InChI=1S/C13H16Si/c1-9-6-5-7-11-10(9)8-12(14-4)13(11,2)3/h5-8H,1-4H3. The van der Waals surface area contributed by atoms with Crippen LogP contribution in [0.1, 0.15) is 30.5 Å². The maximum absolute atomic E-state index is 2.39. The van der Waals surface area contributed by atoms with Gasteiger partial charge in [0, 0.05) is 5.41 Å². The molecule has 0 bridgehead atoms. The fourth-order valence-corrected chi connectivity index (χ4v) is 3.32. The Morgan fingerprint density at radius 2 is 1.93 bits per heavy atom. The summed E-state index contributed by atoms with van der Waals surface area (Å²) in [6.45, 7) is 9.14. The number of rotatable bonds is 1. The first kappa shape index (κ1) is 9.72. The van der Waals surface area contributed by atoms with E-state index in [0.717, 1.165) is 9.52 Å². The predicted molar refractivity (Wildman–Crippen MR) is 63.8 cm³/mol. The van der Waals surface area contributed by atoms with Crippen LogP contribution >= 0.6 is 0 Å². The van der Waals surface area contributed by atoms with E-state index in [1.54, 1.807) is 5.20 Å². The van der Waals surface area contributed by atoms with Crippen LogP contribution < -0.4 is 0 Å². The molecule has 0 unspecified atom stereocenters. The molecule has 0 saturated heterocycles. The van der Waals surface area contributed by atoms with Crippen LogP contribution in [0, 0.1) is 6.92 Å². The minimum absolute atomic E-state index is 0.258. The van der Waals surface area contributed by atoms with Crippen molar-refractivity contribution in [2.75, 3.05) is 0 Å². The second-order valence-electron chi connectivity index (χ2n) is 4.47. The first-order chi connectivity index (χ1) is 6.57. The highest BCUT2D eigenvalue weighted by molar-refractivity contribution is 6.46. The second kappa shape index (κ2) is 3.09. The number of hydrogen-bond donors (Lipinski definition) is 0. The van der Waals surface area contributed by atoms with Gasteiger partial charge in [0.15, 0.2) is 0 Å². The fraction of sp³-hybridized carbons (Fsp3) is 0.385. The highest BCUT2D eigenvalue weighted by atomic mass is 28.2. The molecule has 72 valence electrons. The Balaban J connectivity index is 2.65. The lowest BCUT2D eigenvalue weighted by Gasteiger charge is -2.24. The summed E-state index contributed by atoms with van der Waals surface area (Å²) >= 11 is 0. The van der Waals surface area contributed by atoms with Crippen LogP contribution in [0.15, 0.2) is 23.4 Å². The summed E-state index contributed by atoms with van der Waals surface area (Å²) in [4.78, 5) is 0. The van der Waals surface area contributed by atoms with E-state index in [1.807, 2.05) is 0 Å². The van der Waals surface area contributed by atoms with E-state index in [2.05, 4.69) is 51.6 Å². The molecule has 0 fully saturated rings. The zero-order valence-electron chi connectivity index (χ0n) is 9.31. The van der Waals surface area contributed by atoms with Crippen molar-refractivity contribution in [3.05, 3.63) is 40.1 Å². The number of hydrogen-bond acceptors (Lipinski definition) is 0. The van der Waals surface area contributed by atoms with Crippen molar-refractivity contribution in [1.82, 2.24) is 0 Å². The SMILES string of the molecule is C[Si]C1=Cc2c(C)cccc2C1(C)C. The molecule has 0 N–H and O–H groups in total. The van der Waals surface area contributed by atoms with Gasteiger partial charge in [-0.2, -0.15) is 0 Å². The Kier molecular flexibility index (Phi) is 2.15. The van der Waals surface area contributed by atoms with Crippen LogP contribution in [0.4, 0.5) is 0 Å². The number of benzene rings is 1. The van der Waals surface area contributed by atoms with Crippen LogP contribution in [-0.4, -0.2) is 9.52 Å². The largest absolute Gasteiger partial charge is 0.0752 e. The Bertz CT molecular complexity index is 400. The Hall–Kier alpha value is -0.823. The van der Waals surface area contributed by atoms with Crippen molar-refractivity contribution in [2.45, 2.75) is 32.7 Å². The Morgan fingerprint density at radius 1 is 1.21 bits per heavy atom. The summed E-state index contributed by atoms with van der Waals surface area (Å²) < 4.78 is 0. The van der Waals surface area contributed by atoms with Crippen molar-refractivity contribution < 1.29 is 0 Å². The molecule has 0 heterocycles. The topological polar surface area (TPSA) is 0 Å². The molecule has 0 aromatic heterocycles. The molecule has 2 rings (SSSR count). The third-order valence-electron chi connectivity index (χ3n) is 3.23. The average Bonchev–Trinajstić information content (AvgIpc) is 2.40. The molecule has 1 heteroatoms. The lowest BCUT2D eigenvalue weighted by atomic mass is 9.86. The van der Waals surface area contributed by atoms with E-state index in [-0.39, 0.29) is 5.41 Å². The number of aryl methyl sites for hydroxylation is 1.